The van der Waals surface area contributed by atoms with Crippen LogP contribution in [0, 0.1) is 6.92 Å². The number of aryl methyl sites for hydroxylation is 2. The van der Waals surface area contributed by atoms with Crippen molar-refractivity contribution in [1.29, 1.82) is 0 Å². The average Bonchev–Trinajstić information content (AvgIpc) is 2.56. The molecular formula is C18H22N6O. The molecule has 2 N–H and O–H groups in total. The maximum atomic E-state index is 12.7. The third kappa shape index (κ3) is 3.45. The predicted octanol–water partition coefficient (Wildman–Crippen LogP) is 3.08. The summed E-state index contributed by atoms with van der Waals surface area (Å²) in [7, 11) is 0. The highest BCUT2D eigenvalue weighted by molar-refractivity contribution is 5.93. The topological polar surface area (TPSA) is 84.7 Å². The van der Waals surface area contributed by atoms with Crippen LogP contribution in [0.25, 0.3) is 10.8 Å². The van der Waals surface area contributed by atoms with E-state index in [0.717, 1.165) is 16.8 Å². The lowest BCUT2D eigenvalue weighted by Gasteiger charge is -2.15. The Kier molecular flexibility index (Phi) is 4.65. The summed E-state index contributed by atoms with van der Waals surface area (Å²) >= 11 is 0. The Balaban J connectivity index is 2.15. The minimum absolute atomic E-state index is 0.0403. The molecule has 3 aromatic rings. The quantitative estimate of drug-likeness (QED) is 0.744. The molecule has 130 valence electrons. The van der Waals surface area contributed by atoms with Crippen LogP contribution in [0.2, 0.25) is 0 Å². The summed E-state index contributed by atoms with van der Waals surface area (Å²) in [6.45, 7) is 8.51. The Morgan fingerprint density at radius 3 is 2.80 bits per heavy atom. The van der Waals surface area contributed by atoms with Gasteiger partial charge in [-0.2, -0.15) is 0 Å². The molecule has 0 aliphatic heterocycles. The molecule has 0 unspecified atom stereocenters. The first-order valence-corrected chi connectivity index (χ1v) is 8.34. The minimum Gasteiger partial charge on any atom is -0.367 e. The van der Waals surface area contributed by atoms with Crippen molar-refractivity contribution in [2.75, 3.05) is 10.6 Å². The van der Waals surface area contributed by atoms with Gasteiger partial charge in [-0.05, 0) is 45.2 Å². The van der Waals surface area contributed by atoms with Crippen molar-refractivity contribution >= 4 is 28.1 Å². The van der Waals surface area contributed by atoms with Gasteiger partial charge in [0.1, 0.15) is 18.0 Å². The Morgan fingerprint density at radius 2 is 2.12 bits per heavy atom. The van der Waals surface area contributed by atoms with Crippen LogP contribution in [0.1, 0.15) is 26.5 Å². The summed E-state index contributed by atoms with van der Waals surface area (Å²) in [6.07, 6.45) is 5.02. The van der Waals surface area contributed by atoms with Crippen LogP contribution >= 0.6 is 0 Å². The summed E-state index contributed by atoms with van der Waals surface area (Å²) in [5.41, 5.74) is 1.57. The van der Waals surface area contributed by atoms with Crippen molar-refractivity contribution in [3.8, 4) is 0 Å². The van der Waals surface area contributed by atoms with E-state index in [1.165, 1.54) is 6.33 Å². The minimum atomic E-state index is -0.0403. The largest absolute Gasteiger partial charge is 0.367 e. The summed E-state index contributed by atoms with van der Waals surface area (Å²) in [5.74, 6) is 1.22. The predicted molar refractivity (Wildman–Crippen MR) is 100 cm³/mol. The van der Waals surface area contributed by atoms with Crippen molar-refractivity contribution in [2.24, 2.45) is 0 Å². The van der Waals surface area contributed by atoms with Crippen LogP contribution in [0.5, 0.6) is 0 Å². The monoisotopic (exact) mass is 338 g/mol. The van der Waals surface area contributed by atoms with E-state index in [2.05, 4.69) is 25.6 Å². The van der Waals surface area contributed by atoms with E-state index < -0.39 is 0 Å². The number of aromatic nitrogens is 4. The number of pyridine rings is 2. The van der Waals surface area contributed by atoms with Gasteiger partial charge in [0.2, 0.25) is 0 Å². The molecule has 0 aliphatic carbocycles. The van der Waals surface area contributed by atoms with Gasteiger partial charge < -0.3 is 15.2 Å². The fourth-order valence-electron chi connectivity index (χ4n) is 2.64. The maximum absolute atomic E-state index is 12.7. The van der Waals surface area contributed by atoms with Gasteiger partial charge in [0.05, 0.1) is 23.0 Å². The Morgan fingerprint density at radius 1 is 1.32 bits per heavy atom. The van der Waals surface area contributed by atoms with Crippen LogP contribution in [-0.4, -0.2) is 25.6 Å². The molecule has 0 aromatic carbocycles. The second-order valence-corrected chi connectivity index (χ2v) is 6.17. The van der Waals surface area contributed by atoms with Gasteiger partial charge in [-0.3, -0.25) is 4.79 Å². The fraction of sp³-hybridized carbons (Fsp3) is 0.333. The second kappa shape index (κ2) is 6.88. The first-order chi connectivity index (χ1) is 12.0. The number of hydrogen-bond donors (Lipinski definition) is 2. The maximum Gasteiger partial charge on any atom is 0.262 e. The lowest BCUT2D eigenvalue weighted by molar-refractivity contribution is 0.734. The molecule has 7 heteroatoms. The molecule has 0 radical (unpaired) electrons. The van der Waals surface area contributed by atoms with Crippen molar-refractivity contribution < 1.29 is 0 Å². The second-order valence-electron chi connectivity index (χ2n) is 6.17. The van der Waals surface area contributed by atoms with E-state index in [1.54, 1.807) is 10.8 Å². The molecule has 7 nitrogen and oxygen atoms in total. The summed E-state index contributed by atoms with van der Waals surface area (Å²) in [6, 6.07) is 3.96. The Labute approximate surface area is 146 Å². The highest BCUT2D eigenvalue weighted by atomic mass is 16.1. The van der Waals surface area contributed by atoms with Gasteiger partial charge in [0, 0.05) is 18.8 Å². The fourth-order valence-corrected chi connectivity index (χ4v) is 2.64. The summed E-state index contributed by atoms with van der Waals surface area (Å²) < 4.78 is 1.68. The zero-order valence-electron chi connectivity index (χ0n) is 14.9. The normalized spacial score (nSPS) is 11.1. The molecule has 3 heterocycles. The molecule has 0 fully saturated rings. The molecule has 3 aromatic heterocycles. The number of fused-ring (bicyclic) bond motifs is 1. The molecule has 3 rings (SSSR count). The van der Waals surface area contributed by atoms with Gasteiger partial charge >= 0.3 is 0 Å². The first-order valence-electron chi connectivity index (χ1n) is 8.34. The van der Waals surface area contributed by atoms with E-state index in [9.17, 15) is 4.79 Å². The highest BCUT2D eigenvalue weighted by Gasteiger charge is 2.13. The van der Waals surface area contributed by atoms with Gasteiger partial charge in [-0.1, -0.05) is 0 Å². The van der Waals surface area contributed by atoms with Gasteiger partial charge in [0.25, 0.3) is 5.56 Å². The average molecular weight is 338 g/mol. The number of anilines is 3. The molecule has 0 bridgehead atoms. The van der Waals surface area contributed by atoms with Crippen molar-refractivity contribution in [3.63, 3.8) is 0 Å². The summed E-state index contributed by atoms with van der Waals surface area (Å²) in [5, 5.41) is 7.97. The van der Waals surface area contributed by atoms with Crippen LogP contribution in [0.4, 0.5) is 17.3 Å². The highest BCUT2D eigenvalue weighted by Crippen LogP contribution is 2.25. The van der Waals surface area contributed by atoms with Crippen molar-refractivity contribution in [3.05, 3.63) is 46.9 Å². The molecule has 0 atom stereocenters. The van der Waals surface area contributed by atoms with E-state index in [0.29, 0.717) is 23.6 Å². The first kappa shape index (κ1) is 16.9. The van der Waals surface area contributed by atoms with Crippen LogP contribution in [0.3, 0.4) is 0 Å². The van der Waals surface area contributed by atoms with E-state index in [-0.39, 0.29) is 11.6 Å². The number of hydrogen-bond acceptors (Lipinski definition) is 6. The van der Waals surface area contributed by atoms with Gasteiger partial charge in [-0.15, -0.1) is 0 Å². The molecule has 0 aliphatic rings. The molecule has 0 saturated carbocycles. The standard InChI is InChI=1S/C18H22N6O/c1-5-24-7-6-13-8-15(22-14-9-19-10-20-12(14)4)23-17(21-11(2)3)16(13)18(24)25/h6-11H,5H2,1-4H3,(H2,21,22,23). The smallest absolute Gasteiger partial charge is 0.262 e. The Hall–Kier alpha value is -2.96. The van der Waals surface area contributed by atoms with Crippen LogP contribution < -0.4 is 16.2 Å². The molecule has 0 amide bonds. The lowest BCUT2D eigenvalue weighted by Crippen LogP contribution is -2.21. The number of nitrogens with zero attached hydrogens (tertiary/aromatic N) is 4. The molecular weight excluding hydrogens is 316 g/mol. The molecule has 0 spiro atoms. The van der Waals surface area contributed by atoms with Gasteiger partial charge in [-0.25, -0.2) is 15.0 Å². The number of nitrogens with one attached hydrogen (secondary N) is 2. The Bertz CT molecular complexity index is 963. The molecule has 0 saturated heterocycles. The van der Waals surface area contributed by atoms with E-state index >= 15 is 0 Å². The zero-order chi connectivity index (χ0) is 18.0. The third-order valence-electron chi connectivity index (χ3n) is 3.90. The third-order valence-corrected chi connectivity index (χ3v) is 3.90. The summed E-state index contributed by atoms with van der Waals surface area (Å²) in [4.78, 5) is 25.6. The lowest BCUT2D eigenvalue weighted by atomic mass is 10.2. The van der Waals surface area contributed by atoms with E-state index in [1.807, 2.05) is 46.0 Å². The van der Waals surface area contributed by atoms with E-state index in [4.69, 9.17) is 0 Å². The molecule has 25 heavy (non-hydrogen) atoms. The zero-order valence-corrected chi connectivity index (χ0v) is 14.9. The van der Waals surface area contributed by atoms with Gasteiger partial charge in [0.15, 0.2) is 0 Å². The van der Waals surface area contributed by atoms with Crippen LogP contribution in [-0.2, 0) is 6.54 Å². The number of rotatable bonds is 5. The SMILES string of the molecule is CCn1ccc2cc(Nc3cncnc3C)nc(NC(C)C)c2c1=O. The van der Waals surface area contributed by atoms with Crippen molar-refractivity contribution in [2.45, 2.75) is 40.3 Å². The van der Waals surface area contributed by atoms with Crippen LogP contribution in [0.15, 0.2) is 35.6 Å². The van der Waals surface area contributed by atoms with Crippen molar-refractivity contribution in [1.82, 2.24) is 19.5 Å².